The van der Waals surface area contributed by atoms with Gasteiger partial charge in [-0.3, -0.25) is 9.59 Å². The summed E-state index contributed by atoms with van der Waals surface area (Å²) < 4.78 is 6.20. The fourth-order valence-corrected chi connectivity index (χ4v) is 5.51. The van der Waals surface area contributed by atoms with Crippen molar-refractivity contribution in [1.82, 2.24) is 9.80 Å². The van der Waals surface area contributed by atoms with E-state index in [1.807, 2.05) is 62.1 Å². The Morgan fingerprint density at radius 2 is 1.72 bits per heavy atom. The number of carbonyl (C=O) groups is 2. The minimum absolute atomic E-state index is 0.0451. The Labute approximate surface area is 218 Å². The number of amides is 2. The summed E-state index contributed by atoms with van der Waals surface area (Å²) in [5.74, 6) is 1.09. The summed E-state index contributed by atoms with van der Waals surface area (Å²) in [4.78, 5) is 31.8. The average molecular weight is 505 g/mol. The van der Waals surface area contributed by atoms with Gasteiger partial charge in [0.05, 0.1) is 6.04 Å². The van der Waals surface area contributed by atoms with Gasteiger partial charge in [0.25, 0.3) is 5.91 Å². The summed E-state index contributed by atoms with van der Waals surface area (Å²) in [7, 11) is 0. The molecule has 3 aromatic rings. The molecule has 0 saturated heterocycles. The zero-order valence-corrected chi connectivity index (χ0v) is 22.7. The van der Waals surface area contributed by atoms with E-state index in [-0.39, 0.29) is 30.4 Å². The first kappa shape index (κ1) is 26.0. The first-order valence-corrected chi connectivity index (χ1v) is 13.6. The number of nitrogens with zero attached hydrogens (tertiary/aromatic N) is 2. The van der Waals surface area contributed by atoms with E-state index in [0.717, 1.165) is 23.3 Å². The first-order valence-electron chi connectivity index (χ1n) is 12.7. The molecule has 0 unspecified atom stereocenters. The Morgan fingerprint density at radius 1 is 1.03 bits per heavy atom. The maximum atomic E-state index is 13.7. The summed E-state index contributed by atoms with van der Waals surface area (Å²) >= 11 is 1.73. The summed E-state index contributed by atoms with van der Waals surface area (Å²) in [6.45, 7) is 11.3. The van der Waals surface area contributed by atoms with Crippen LogP contribution in [0.2, 0.25) is 0 Å². The minimum Gasteiger partial charge on any atom is -0.491 e. The van der Waals surface area contributed by atoms with Crippen LogP contribution in [0.4, 0.5) is 0 Å². The van der Waals surface area contributed by atoms with Crippen LogP contribution in [0.15, 0.2) is 60.0 Å². The van der Waals surface area contributed by atoms with Crippen molar-refractivity contribution in [2.75, 3.05) is 19.7 Å². The van der Waals surface area contributed by atoms with Gasteiger partial charge in [-0.25, -0.2) is 0 Å². The smallest absolute Gasteiger partial charge is 0.254 e. The van der Waals surface area contributed by atoms with Gasteiger partial charge in [-0.15, -0.1) is 11.3 Å². The Bertz CT molecular complexity index is 1180. The van der Waals surface area contributed by atoms with Gasteiger partial charge in [0, 0.05) is 23.0 Å². The van der Waals surface area contributed by atoms with Gasteiger partial charge in [0.15, 0.2) is 0 Å². The molecule has 0 N–H and O–H groups in total. The number of benzene rings is 2. The van der Waals surface area contributed by atoms with E-state index in [0.29, 0.717) is 24.6 Å². The van der Waals surface area contributed by atoms with Gasteiger partial charge in [-0.1, -0.05) is 43.7 Å². The highest BCUT2D eigenvalue weighted by Gasteiger charge is 2.34. The van der Waals surface area contributed by atoms with Crippen molar-refractivity contribution >= 4 is 23.2 Å². The van der Waals surface area contributed by atoms with Crippen molar-refractivity contribution in [2.45, 2.75) is 59.0 Å². The normalized spacial score (nSPS) is 15.2. The molecule has 2 aromatic carbocycles. The Morgan fingerprint density at radius 3 is 2.36 bits per heavy atom. The molecule has 5 nitrogen and oxygen atoms in total. The Hall–Kier alpha value is -3.12. The highest BCUT2D eigenvalue weighted by atomic mass is 32.1. The van der Waals surface area contributed by atoms with Crippen LogP contribution in [0.5, 0.6) is 5.75 Å². The van der Waals surface area contributed by atoms with Crippen molar-refractivity contribution in [2.24, 2.45) is 0 Å². The van der Waals surface area contributed by atoms with Crippen molar-refractivity contribution in [3.05, 3.63) is 87.1 Å². The average Bonchev–Trinajstić information content (AvgIpc) is 3.35. The quantitative estimate of drug-likeness (QED) is 0.365. The van der Waals surface area contributed by atoms with Crippen molar-refractivity contribution in [1.29, 1.82) is 0 Å². The van der Waals surface area contributed by atoms with Gasteiger partial charge in [-0.2, -0.15) is 0 Å². The molecule has 190 valence electrons. The van der Waals surface area contributed by atoms with Crippen LogP contribution in [0.1, 0.15) is 71.6 Å². The summed E-state index contributed by atoms with van der Waals surface area (Å²) in [5, 5.41) is 2.09. The summed E-state index contributed by atoms with van der Waals surface area (Å²) in [6.07, 6.45) is 0.825. The lowest BCUT2D eigenvalue weighted by Crippen LogP contribution is -2.49. The summed E-state index contributed by atoms with van der Waals surface area (Å²) in [5.41, 5.74) is 4.12. The molecular formula is C30H36N2O3S. The molecule has 0 spiro atoms. The molecule has 36 heavy (non-hydrogen) atoms. The molecule has 0 fully saturated rings. The van der Waals surface area contributed by atoms with Crippen LogP contribution in [0, 0.1) is 6.92 Å². The molecule has 0 aliphatic carbocycles. The van der Waals surface area contributed by atoms with Crippen LogP contribution in [0.3, 0.4) is 0 Å². The third-order valence-corrected chi connectivity index (χ3v) is 7.85. The molecule has 6 heteroatoms. The number of fused-ring (bicyclic) bond motifs is 1. The van der Waals surface area contributed by atoms with E-state index >= 15 is 0 Å². The number of aryl methyl sites for hydroxylation is 1. The third-order valence-electron chi connectivity index (χ3n) is 6.86. The van der Waals surface area contributed by atoms with Gasteiger partial charge in [0.2, 0.25) is 5.91 Å². The van der Waals surface area contributed by atoms with Crippen molar-refractivity contribution < 1.29 is 14.3 Å². The Kier molecular flexibility index (Phi) is 8.14. The fraction of sp³-hybridized carbons (Fsp3) is 0.400. The van der Waals surface area contributed by atoms with Gasteiger partial charge >= 0.3 is 0 Å². The maximum absolute atomic E-state index is 13.7. The van der Waals surface area contributed by atoms with Crippen LogP contribution in [-0.4, -0.2) is 47.4 Å². The molecule has 0 bridgehead atoms. The van der Waals surface area contributed by atoms with Crippen molar-refractivity contribution in [3.63, 3.8) is 0 Å². The van der Waals surface area contributed by atoms with E-state index in [4.69, 9.17) is 4.74 Å². The molecule has 1 aromatic heterocycles. The Balaban J connectivity index is 1.51. The topological polar surface area (TPSA) is 49.9 Å². The highest BCUT2D eigenvalue weighted by molar-refractivity contribution is 7.10. The lowest BCUT2D eigenvalue weighted by molar-refractivity contribution is -0.136. The van der Waals surface area contributed by atoms with Crippen LogP contribution in [0.25, 0.3) is 0 Å². The maximum Gasteiger partial charge on any atom is 0.254 e. The summed E-state index contributed by atoms with van der Waals surface area (Å²) in [6, 6.07) is 17.5. The number of thiophene rings is 1. The van der Waals surface area contributed by atoms with Crippen LogP contribution in [-0.2, 0) is 11.2 Å². The number of hydrogen-bond donors (Lipinski definition) is 0. The third kappa shape index (κ3) is 5.81. The minimum atomic E-state index is -0.180. The molecule has 1 aliphatic heterocycles. The number of carbonyl (C=O) groups excluding carboxylic acids is 2. The predicted molar refractivity (Wildman–Crippen MR) is 146 cm³/mol. The van der Waals surface area contributed by atoms with E-state index in [9.17, 15) is 9.59 Å². The molecule has 1 aliphatic rings. The van der Waals surface area contributed by atoms with Crippen LogP contribution >= 0.6 is 11.3 Å². The molecule has 0 saturated carbocycles. The van der Waals surface area contributed by atoms with Gasteiger partial charge in [-0.05, 0) is 79.9 Å². The van der Waals surface area contributed by atoms with E-state index in [1.54, 1.807) is 16.2 Å². The zero-order chi connectivity index (χ0) is 25.8. The second kappa shape index (κ2) is 11.3. The molecule has 0 radical (unpaired) electrons. The monoisotopic (exact) mass is 504 g/mol. The van der Waals surface area contributed by atoms with Gasteiger partial charge < -0.3 is 14.5 Å². The SMILES string of the molecule is Cc1ccc(C(=O)N(CC(=O)N2CCc3sccc3[C@@H]2COc2ccc(C(C)C)cc2)C(C)C)cc1. The standard InChI is InChI=1S/C30H36N2O3S/c1-20(2)23-10-12-25(13-11-23)35-19-27-26-15-17-36-28(26)14-16-31(27)29(33)18-32(21(3)4)30(34)24-8-6-22(5)7-9-24/h6-13,15,17,20-21,27H,14,16,18-19H2,1-5H3/t27-/m0/s1. The zero-order valence-electron chi connectivity index (χ0n) is 21.9. The van der Waals surface area contributed by atoms with E-state index in [2.05, 4.69) is 37.4 Å². The molecule has 2 heterocycles. The van der Waals surface area contributed by atoms with Crippen LogP contribution < -0.4 is 4.74 Å². The van der Waals surface area contributed by atoms with E-state index in [1.165, 1.54) is 10.4 Å². The first-order chi connectivity index (χ1) is 17.2. The second-order valence-corrected chi connectivity index (χ2v) is 11.1. The number of ether oxygens (including phenoxy) is 1. The second-order valence-electron chi connectivity index (χ2n) is 10.1. The molecule has 2 amide bonds. The lowest BCUT2D eigenvalue weighted by Gasteiger charge is -2.37. The number of hydrogen-bond acceptors (Lipinski definition) is 4. The highest BCUT2D eigenvalue weighted by Crippen LogP contribution is 2.34. The lowest BCUT2D eigenvalue weighted by atomic mass is 10.00. The number of rotatable bonds is 8. The predicted octanol–water partition coefficient (Wildman–Crippen LogP) is 6.24. The van der Waals surface area contributed by atoms with Gasteiger partial charge in [0.1, 0.15) is 18.9 Å². The largest absolute Gasteiger partial charge is 0.491 e. The molecular weight excluding hydrogens is 468 g/mol. The van der Waals surface area contributed by atoms with Crippen molar-refractivity contribution in [3.8, 4) is 5.75 Å². The fourth-order valence-electron chi connectivity index (χ4n) is 4.59. The molecule has 1 atom stereocenters. The molecule has 4 rings (SSSR count). The van der Waals surface area contributed by atoms with E-state index < -0.39 is 0 Å².